The molecule has 0 aliphatic rings. The van der Waals surface area contributed by atoms with Gasteiger partial charge in [-0.3, -0.25) is 14.4 Å². The van der Waals surface area contributed by atoms with E-state index in [0.717, 1.165) is 122 Å². The predicted octanol–water partition coefficient (Wildman–Crippen LogP) is 16.6. The van der Waals surface area contributed by atoms with Gasteiger partial charge in [0.05, 0.1) is 0 Å². The second-order valence-electron chi connectivity index (χ2n) is 16.7. The van der Waals surface area contributed by atoms with Gasteiger partial charge >= 0.3 is 17.9 Å². The zero-order chi connectivity index (χ0) is 44.4. The highest BCUT2D eigenvalue weighted by molar-refractivity contribution is 5.71. The fourth-order valence-corrected chi connectivity index (χ4v) is 6.94. The average molecular weight is 851 g/mol. The minimum atomic E-state index is -0.794. The molecule has 0 aliphatic carbocycles. The molecule has 0 aromatic heterocycles. The number of carbonyl (C=O) groups excluding carboxylic acids is 3. The maximum Gasteiger partial charge on any atom is 0.306 e. The highest BCUT2D eigenvalue weighted by Crippen LogP contribution is 2.15. The van der Waals surface area contributed by atoms with Gasteiger partial charge in [-0.1, -0.05) is 209 Å². The van der Waals surface area contributed by atoms with Gasteiger partial charge in [0.15, 0.2) is 6.10 Å². The lowest BCUT2D eigenvalue weighted by atomic mass is 10.0. The van der Waals surface area contributed by atoms with Crippen LogP contribution < -0.4 is 0 Å². The summed E-state index contributed by atoms with van der Waals surface area (Å²) in [6.07, 6.45) is 61.7. The van der Waals surface area contributed by atoms with Crippen molar-refractivity contribution < 1.29 is 28.6 Å². The predicted molar refractivity (Wildman–Crippen MR) is 261 cm³/mol. The van der Waals surface area contributed by atoms with Gasteiger partial charge in [-0.25, -0.2) is 0 Å². The SMILES string of the molecule is CC/C=C\C/C=C\C/C=C\CCCCCCC(=O)OCC(COC(=O)CCCCCCCCCCCCCCCCC)OC(=O)CCCCCC/C=C\C/C=C\C/C=C\CC. The van der Waals surface area contributed by atoms with Crippen LogP contribution in [0.4, 0.5) is 0 Å². The van der Waals surface area contributed by atoms with Crippen molar-refractivity contribution in [3.63, 3.8) is 0 Å². The number of rotatable bonds is 45. The zero-order valence-corrected chi connectivity index (χ0v) is 39.9. The van der Waals surface area contributed by atoms with Gasteiger partial charge < -0.3 is 14.2 Å². The molecule has 0 aliphatic heterocycles. The van der Waals surface area contributed by atoms with E-state index in [1.807, 2.05) is 0 Å². The van der Waals surface area contributed by atoms with Crippen molar-refractivity contribution in [1.82, 2.24) is 0 Å². The number of ether oxygens (including phenoxy) is 3. The highest BCUT2D eigenvalue weighted by Gasteiger charge is 2.19. The van der Waals surface area contributed by atoms with Crippen LogP contribution in [0, 0.1) is 0 Å². The standard InChI is InChI=1S/C55H94O6/c1-4-7-10-13-16-19-22-25-28-31-33-36-39-42-45-48-54(57)60-51-52(61-55(58)49-46-43-40-37-34-30-27-24-21-18-15-12-9-6-3)50-59-53(56)47-44-41-38-35-32-29-26-23-20-17-14-11-8-5-2/h8-9,11-12,17-18,20-21,26-27,29-30,52H,4-7,10,13-16,19,22-25,28,31-51H2,1-3H3/b11-8-,12-9-,20-17-,21-18-,29-26-,30-27-. The van der Waals surface area contributed by atoms with E-state index in [4.69, 9.17) is 14.2 Å². The van der Waals surface area contributed by atoms with Crippen LogP contribution in [0.15, 0.2) is 72.9 Å². The van der Waals surface area contributed by atoms with E-state index in [-0.39, 0.29) is 31.1 Å². The zero-order valence-electron chi connectivity index (χ0n) is 39.9. The summed E-state index contributed by atoms with van der Waals surface area (Å²) in [6, 6.07) is 0. The van der Waals surface area contributed by atoms with Gasteiger partial charge in [0, 0.05) is 19.3 Å². The van der Waals surface area contributed by atoms with Crippen molar-refractivity contribution in [2.45, 2.75) is 245 Å². The summed E-state index contributed by atoms with van der Waals surface area (Å²) in [7, 11) is 0. The molecule has 6 heteroatoms. The fraction of sp³-hybridized carbons (Fsp3) is 0.727. The first kappa shape index (κ1) is 57.9. The lowest BCUT2D eigenvalue weighted by Crippen LogP contribution is -2.30. The minimum absolute atomic E-state index is 0.0905. The van der Waals surface area contributed by atoms with Gasteiger partial charge in [0.2, 0.25) is 0 Å². The number of allylic oxidation sites excluding steroid dienone is 12. The Morgan fingerprint density at radius 3 is 1.00 bits per heavy atom. The first-order chi connectivity index (χ1) is 30.0. The molecular formula is C55H94O6. The highest BCUT2D eigenvalue weighted by atomic mass is 16.6. The van der Waals surface area contributed by atoms with Gasteiger partial charge in [-0.2, -0.15) is 0 Å². The summed E-state index contributed by atoms with van der Waals surface area (Å²) in [5.41, 5.74) is 0. The third kappa shape index (κ3) is 47.7. The number of hydrogen-bond acceptors (Lipinski definition) is 6. The molecule has 1 atom stereocenters. The van der Waals surface area contributed by atoms with Crippen molar-refractivity contribution in [3.8, 4) is 0 Å². The molecule has 0 heterocycles. The summed E-state index contributed by atoms with van der Waals surface area (Å²) in [5, 5.41) is 0. The molecule has 6 nitrogen and oxygen atoms in total. The summed E-state index contributed by atoms with van der Waals surface area (Å²) in [5.74, 6) is -0.934. The molecule has 0 aromatic rings. The largest absolute Gasteiger partial charge is 0.462 e. The quantitative estimate of drug-likeness (QED) is 0.0263. The lowest BCUT2D eigenvalue weighted by molar-refractivity contribution is -0.167. The molecule has 61 heavy (non-hydrogen) atoms. The fourth-order valence-electron chi connectivity index (χ4n) is 6.94. The lowest BCUT2D eigenvalue weighted by Gasteiger charge is -2.18. The first-order valence-corrected chi connectivity index (χ1v) is 25.4. The molecule has 1 unspecified atom stereocenters. The van der Waals surface area contributed by atoms with Gasteiger partial charge in [0.1, 0.15) is 13.2 Å². The van der Waals surface area contributed by atoms with Crippen LogP contribution >= 0.6 is 0 Å². The summed E-state index contributed by atoms with van der Waals surface area (Å²) in [6.45, 7) is 6.38. The van der Waals surface area contributed by atoms with E-state index in [0.29, 0.717) is 19.3 Å². The van der Waals surface area contributed by atoms with Crippen molar-refractivity contribution in [3.05, 3.63) is 72.9 Å². The third-order valence-electron chi connectivity index (χ3n) is 10.7. The van der Waals surface area contributed by atoms with E-state index < -0.39 is 6.10 Å². The number of esters is 3. The maximum absolute atomic E-state index is 12.8. The van der Waals surface area contributed by atoms with Gasteiger partial charge in [-0.15, -0.1) is 0 Å². The van der Waals surface area contributed by atoms with Gasteiger partial charge in [-0.05, 0) is 83.5 Å². The molecular weight excluding hydrogens is 757 g/mol. The van der Waals surface area contributed by atoms with Crippen LogP contribution in [0.3, 0.4) is 0 Å². The maximum atomic E-state index is 12.8. The second-order valence-corrected chi connectivity index (χ2v) is 16.7. The van der Waals surface area contributed by atoms with E-state index >= 15 is 0 Å². The Hall–Kier alpha value is -3.15. The molecule has 0 saturated carbocycles. The third-order valence-corrected chi connectivity index (χ3v) is 10.7. The van der Waals surface area contributed by atoms with Crippen molar-refractivity contribution in [1.29, 1.82) is 0 Å². The summed E-state index contributed by atoms with van der Waals surface area (Å²) >= 11 is 0. The molecule has 0 saturated heterocycles. The normalized spacial score (nSPS) is 12.6. The van der Waals surface area contributed by atoms with Crippen LogP contribution in [-0.2, 0) is 28.6 Å². The van der Waals surface area contributed by atoms with Crippen LogP contribution in [0.2, 0.25) is 0 Å². The van der Waals surface area contributed by atoms with Crippen LogP contribution in [0.25, 0.3) is 0 Å². The Balaban J connectivity index is 4.44. The van der Waals surface area contributed by atoms with Gasteiger partial charge in [0.25, 0.3) is 0 Å². The van der Waals surface area contributed by atoms with E-state index in [9.17, 15) is 14.4 Å². The summed E-state index contributed by atoms with van der Waals surface area (Å²) in [4.78, 5) is 37.9. The number of hydrogen-bond donors (Lipinski definition) is 0. The molecule has 0 rings (SSSR count). The van der Waals surface area contributed by atoms with Crippen LogP contribution in [0.5, 0.6) is 0 Å². The Bertz CT molecular complexity index is 1160. The van der Waals surface area contributed by atoms with E-state index in [2.05, 4.69) is 93.7 Å². The number of carbonyl (C=O) groups is 3. The molecule has 0 bridgehead atoms. The Morgan fingerprint density at radius 2 is 0.639 bits per heavy atom. The van der Waals surface area contributed by atoms with Crippen molar-refractivity contribution in [2.24, 2.45) is 0 Å². The second kappa shape index (κ2) is 49.5. The molecule has 0 radical (unpaired) electrons. The Labute approximate surface area is 376 Å². The van der Waals surface area contributed by atoms with Crippen LogP contribution in [-0.4, -0.2) is 37.2 Å². The molecule has 0 fully saturated rings. The first-order valence-electron chi connectivity index (χ1n) is 25.4. The molecule has 0 spiro atoms. The van der Waals surface area contributed by atoms with E-state index in [1.54, 1.807) is 0 Å². The Kier molecular flexibility index (Phi) is 46.9. The Morgan fingerprint density at radius 1 is 0.344 bits per heavy atom. The summed E-state index contributed by atoms with van der Waals surface area (Å²) < 4.78 is 16.8. The minimum Gasteiger partial charge on any atom is -0.462 e. The van der Waals surface area contributed by atoms with Crippen molar-refractivity contribution in [2.75, 3.05) is 13.2 Å². The van der Waals surface area contributed by atoms with E-state index in [1.165, 1.54) is 77.0 Å². The monoisotopic (exact) mass is 851 g/mol. The molecule has 0 N–H and O–H groups in total. The topological polar surface area (TPSA) is 78.9 Å². The van der Waals surface area contributed by atoms with Crippen LogP contribution in [0.1, 0.15) is 239 Å². The molecule has 0 amide bonds. The van der Waals surface area contributed by atoms with Crippen molar-refractivity contribution >= 4 is 17.9 Å². The average Bonchev–Trinajstić information content (AvgIpc) is 3.26. The number of unbranched alkanes of at least 4 members (excludes halogenated alkanes) is 22. The molecule has 350 valence electrons. The molecule has 0 aromatic carbocycles. The smallest absolute Gasteiger partial charge is 0.306 e.